The molecule has 2 aromatic rings. The van der Waals surface area contributed by atoms with Gasteiger partial charge in [0.1, 0.15) is 6.07 Å². The smallest absolute Gasteiger partial charge is 0.335 e. The molecule has 1 aliphatic carbocycles. The highest BCUT2D eigenvalue weighted by molar-refractivity contribution is 5.96. The highest BCUT2D eigenvalue weighted by Gasteiger charge is 2.25. The molecule has 1 aromatic carbocycles. The number of hydrogen-bond donors (Lipinski definition) is 2. The van der Waals surface area contributed by atoms with Crippen molar-refractivity contribution in [1.82, 2.24) is 4.98 Å². The minimum Gasteiger partial charge on any atom is -0.478 e. The molecule has 4 heteroatoms. The van der Waals surface area contributed by atoms with E-state index < -0.39 is 5.97 Å². The minimum atomic E-state index is -1.00. The number of nitriles is 1. The molecule has 0 amide bonds. The number of fused-ring (bicyclic) bond motifs is 1. The lowest BCUT2D eigenvalue weighted by Gasteiger charge is -1.97. The second-order valence-corrected chi connectivity index (χ2v) is 4.40. The van der Waals surface area contributed by atoms with Crippen LogP contribution in [-0.4, -0.2) is 16.1 Å². The average molecular weight is 226 g/mol. The maximum Gasteiger partial charge on any atom is 0.335 e. The summed E-state index contributed by atoms with van der Waals surface area (Å²) in [5.74, 6) is -0.445. The Kier molecular flexibility index (Phi) is 1.96. The summed E-state index contributed by atoms with van der Waals surface area (Å²) in [6.07, 6.45) is 2.33. The predicted molar refractivity (Wildman–Crippen MR) is 61.9 cm³/mol. The summed E-state index contributed by atoms with van der Waals surface area (Å²) in [4.78, 5) is 14.2. The van der Waals surface area contributed by atoms with Crippen molar-refractivity contribution in [3.05, 3.63) is 35.0 Å². The van der Waals surface area contributed by atoms with Crippen LogP contribution >= 0.6 is 0 Å². The number of aromatic amines is 1. The lowest BCUT2D eigenvalue weighted by Crippen LogP contribution is -1.96. The van der Waals surface area contributed by atoms with Crippen LogP contribution in [0.15, 0.2) is 18.2 Å². The van der Waals surface area contributed by atoms with Crippen molar-refractivity contribution in [2.45, 2.75) is 18.8 Å². The summed E-state index contributed by atoms with van der Waals surface area (Å²) < 4.78 is 0. The quantitative estimate of drug-likeness (QED) is 0.826. The Morgan fingerprint density at radius 1 is 1.41 bits per heavy atom. The third-order valence-corrected chi connectivity index (χ3v) is 3.13. The molecule has 1 saturated carbocycles. The van der Waals surface area contributed by atoms with E-state index in [1.54, 1.807) is 6.07 Å². The zero-order chi connectivity index (χ0) is 12.0. The molecule has 4 nitrogen and oxygen atoms in total. The van der Waals surface area contributed by atoms with Crippen LogP contribution in [0.1, 0.15) is 40.4 Å². The number of carbonyl (C=O) groups is 1. The number of benzene rings is 1. The van der Waals surface area contributed by atoms with Crippen LogP contribution in [0.3, 0.4) is 0 Å². The van der Waals surface area contributed by atoms with Crippen molar-refractivity contribution in [3.63, 3.8) is 0 Å². The highest BCUT2D eigenvalue weighted by Crippen LogP contribution is 2.41. The van der Waals surface area contributed by atoms with Crippen LogP contribution in [-0.2, 0) is 0 Å². The lowest BCUT2D eigenvalue weighted by atomic mass is 10.1. The number of aromatic nitrogens is 1. The lowest BCUT2D eigenvalue weighted by molar-refractivity contribution is 0.0697. The SMILES string of the molecule is N#Cc1cc(C(=O)O)cc2cc(C3CC3)[nH]c12. The second-order valence-electron chi connectivity index (χ2n) is 4.40. The fourth-order valence-corrected chi connectivity index (χ4v) is 2.09. The molecule has 17 heavy (non-hydrogen) atoms. The molecule has 0 unspecified atom stereocenters. The summed E-state index contributed by atoms with van der Waals surface area (Å²) in [5, 5.41) is 18.8. The topological polar surface area (TPSA) is 76.9 Å². The zero-order valence-corrected chi connectivity index (χ0v) is 9.03. The highest BCUT2D eigenvalue weighted by atomic mass is 16.4. The molecule has 1 aliphatic rings. The van der Waals surface area contributed by atoms with Crippen LogP contribution in [0.25, 0.3) is 10.9 Å². The first-order valence-electron chi connectivity index (χ1n) is 5.49. The van der Waals surface area contributed by atoms with Crippen molar-refractivity contribution in [2.24, 2.45) is 0 Å². The summed E-state index contributed by atoms with van der Waals surface area (Å²) >= 11 is 0. The molecule has 0 saturated heterocycles. The maximum atomic E-state index is 10.9. The third-order valence-electron chi connectivity index (χ3n) is 3.13. The van der Waals surface area contributed by atoms with Crippen molar-refractivity contribution in [1.29, 1.82) is 5.26 Å². The molecule has 0 atom stereocenters. The Hall–Kier alpha value is -2.28. The monoisotopic (exact) mass is 226 g/mol. The average Bonchev–Trinajstić information content (AvgIpc) is 3.07. The van der Waals surface area contributed by atoms with Gasteiger partial charge in [-0.1, -0.05) is 0 Å². The van der Waals surface area contributed by atoms with Gasteiger partial charge in [-0.3, -0.25) is 0 Å². The van der Waals surface area contributed by atoms with Crippen LogP contribution in [0.2, 0.25) is 0 Å². The van der Waals surface area contributed by atoms with E-state index >= 15 is 0 Å². The van der Waals surface area contributed by atoms with Gasteiger partial charge in [0.25, 0.3) is 0 Å². The van der Waals surface area contributed by atoms with Crippen LogP contribution in [0, 0.1) is 11.3 Å². The molecule has 0 radical (unpaired) electrons. The van der Waals surface area contributed by atoms with E-state index in [-0.39, 0.29) is 5.56 Å². The third kappa shape index (κ3) is 1.56. The van der Waals surface area contributed by atoms with Gasteiger partial charge in [0.2, 0.25) is 0 Å². The number of nitrogens with one attached hydrogen (secondary N) is 1. The van der Waals surface area contributed by atoms with Crippen LogP contribution < -0.4 is 0 Å². The first-order chi connectivity index (χ1) is 8.19. The van der Waals surface area contributed by atoms with Gasteiger partial charge in [-0.25, -0.2) is 4.79 Å². The van der Waals surface area contributed by atoms with Gasteiger partial charge in [0.15, 0.2) is 0 Å². The number of carboxylic acids is 1. The first-order valence-corrected chi connectivity index (χ1v) is 5.49. The Labute approximate surface area is 97.5 Å². The zero-order valence-electron chi connectivity index (χ0n) is 9.03. The van der Waals surface area contributed by atoms with E-state index in [0.29, 0.717) is 11.5 Å². The number of nitrogens with zero attached hydrogens (tertiary/aromatic N) is 1. The van der Waals surface area contributed by atoms with Gasteiger partial charge in [-0.15, -0.1) is 0 Å². The fraction of sp³-hybridized carbons (Fsp3) is 0.231. The molecule has 3 rings (SSSR count). The van der Waals surface area contributed by atoms with Gasteiger partial charge in [0, 0.05) is 11.1 Å². The molecule has 2 N–H and O–H groups in total. The number of H-pyrrole nitrogens is 1. The van der Waals surface area contributed by atoms with Crippen molar-refractivity contribution >= 4 is 16.9 Å². The van der Waals surface area contributed by atoms with Gasteiger partial charge >= 0.3 is 5.97 Å². The van der Waals surface area contributed by atoms with Crippen LogP contribution in [0.4, 0.5) is 0 Å². The maximum absolute atomic E-state index is 10.9. The van der Waals surface area contributed by atoms with Crippen molar-refractivity contribution < 1.29 is 9.90 Å². The number of carboxylic acid groups (broad SMARTS) is 1. The van der Waals surface area contributed by atoms with Gasteiger partial charge < -0.3 is 10.1 Å². The molecule has 0 aliphatic heterocycles. The van der Waals surface area contributed by atoms with E-state index in [4.69, 9.17) is 10.4 Å². The van der Waals surface area contributed by atoms with E-state index in [9.17, 15) is 4.79 Å². The molecular weight excluding hydrogens is 216 g/mol. The van der Waals surface area contributed by atoms with Crippen LogP contribution in [0.5, 0.6) is 0 Å². The molecule has 1 heterocycles. The molecular formula is C13H10N2O2. The number of aromatic carboxylic acids is 1. The van der Waals surface area contributed by atoms with Gasteiger partial charge in [-0.2, -0.15) is 5.26 Å². The fourth-order valence-electron chi connectivity index (χ4n) is 2.09. The Morgan fingerprint density at radius 3 is 2.76 bits per heavy atom. The van der Waals surface area contributed by atoms with Crippen molar-refractivity contribution in [2.75, 3.05) is 0 Å². The van der Waals surface area contributed by atoms with E-state index in [1.807, 2.05) is 12.1 Å². The van der Waals surface area contributed by atoms with E-state index in [1.165, 1.54) is 18.9 Å². The predicted octanol–water partition coefficient (Wildman–Crippen LogP) is 2.62. The van der Waals surface area contributed by atoms with E-state index in [0.717, 1.165) is 16.6 Å². The summed E-state index contributed by atoms with van der Waals surface area (Å²) in [5.41, 5.74) is 2.42. The number of rotatable bonds is 2. The number of hydrogen-bond acceptors (Lipinski definition) is 2. The molecule has 1 aromatic heterocycles. The van der Waals surface area contributed by atoms with Crippen molar-refractivity contribution in [3.8, 4) is 6.07 Å². The first kappa shape index (κ1) is 9.91. The van der Waals surface area contributed by atoms with Gasteiger partial charge in [0.05, 0.1) is 16.6 Å². The Balaban J connectivity index is 2.25. The standard InChI is InChI=1S/C13H10N2O2/c14-6-10-4-9(13(16)17)3-8-5-11(7-1-2-7)15-12(8)10/h3-5,7,15H,1-2H2,(H,16,17). The minimum absolute atomic E-state index is 0.162. The Morgan fingerprint density at radius 2 is 2.18 bits per heavy atom. The molecule has 84 valence electrons. The summed E-state index contributed by atoms with van der Waals surface area (Å²) in [6, 6.07) is 7.03. The molecule has 1 fully saturated rings. The Bertz CT molecular complexity index is 660. The normalized spacial score (nSPS) is 14.8. The summed E-state index contributed by atoms with van der Waals surface area (Å²) in [6.45, 7) is 0. The van der Waals surface area contributed by atoms with E-state index in [2.05, 4.69) is 4.98 Å². The largest absolute Gasteiger partial charge is 0.478 e. The summed E-state index contributed by atoms with van der Waals surface area (Å²) in [7, 11) is 0. The second kappa shape index (κ2) is 3.36. The van der Waals surface area contributed by atoms with Gasteiger partial charge in [-0.05, 0) is 37.0 Å². The molecule has 0 spiro atoms. The molecule has 0 bridgehead atoms.